The summed E-state index contributed by atoms with van der Waals surface area (Å²) in [7, 11) is 0. The second kappa shape index (κ2) is 11.8. The van der Waals surface area contributed by atoms with E-state index < -0.39 is 28.6 Å². The first kappa shape index (κ1) is 26.2. The van der Waals surface area contributed by atoms with Gasteiger partial charge in [-0.2, -0.15) is 0 Å². The van der Waals surface area contributed by atoms with E-state index in [9.17, 15) is 19.7 Å². The molecule has 0 bridgehead atoms. The average molecular weight is 493 g/mol. The number of amides is 1. The largest absolute Gasteiger partial charge is 0.489 e. The summed E-state index contributed by atoms with van der Waals surface area (Å²) in [6, 6.07) is 20.9. The summed E-state index contributed by atoms with van der Waals surface area (Å²) in [6.45, 7) is 5.56. The van der Waals surface area contributed by atoms with Crippen LogP contribution in [0.25, 0.3) is 0 Å². The van der Waals surface area contributed by atoms with E-state index >= 15 is 0 Å². The second-order valence-corrected chi connectivity index (χ2v) is 8.99. The summed E-state index contributed by atoms with van der Waals surface area (Å²) in [5.74, 6) is 0.0399. The van der Waals surface area contributed by atoms with E-state index in [-0.39, 0.29) is 17.9 Å². The van der Waals surface area contributed by atoms with Crippen molar-refractivity contribution in [1.29, 1.82) is 0 Å². The Morgan fingerprint density at radius 1 is 0.889 bits per heavy atom. The zero-order valence-corrected chi connectivity index (χ0v) is 20.3. The van der Waals surface area contributed by atoms with Crippen LogP contribution in [0, 0.1) is 10.1 Å². The van der Waals surface area contributed by atoms with Gasteiger partial charge in [0.1, 0.15) is 29.7 Å². The number of nitro groups is 1. The van der Waals surface area contributed by atoms with Gasteiger partial charge in [0, 0.05) is 18.6 Å². The highest BCUT2D eigenvalue weighted by atomic mass is 16.6. The van der Waals surface area contributed by atoms with Gasteiger partial charge < -0.3 is 19.5 Å². The molecule has 9 heteroatoms. The average Bonchev–Trinajstić information content (AvgIpc) is 2.83. The Kier molecular flexibility index (Phi) is 8.61. The van der Waals surface area contributed by atoms with Crippen LogP contribution in [0.15, 0.2) is 78.9 Å². The van der Waals surface area contributed by atoms with E-state index in [1.807, 2.05) is 30.3 Å². The zero-order chi connectivity index (χ0) is 26.1. The topological polar surface area (TPSA) is 117 Å². The fourth-order valence-electron chi connectivity index (χ4n) is 3.16. The lowest BCUT2D eigenvalue weighted by Crippen LogP contribution is -2.46. The number of nitro benzene ring substituents is 1. The van der Waals surface area contributed by atoms with Crippen molar-refractivity contribution >= 4 is 17.7 Å². The van der Waals surface area contributed by atoms with Gasteiger partial charge in [-0.15, -0.1) is 0 Å². The third-order valence-electron chi connectivity index (χ3n) is 4.85. The third kappa shape index (κ3) is 8.43. The first-order chi connectivity index (χ1) is 17.1. The molecular formula is C27H28N2O7. The summed E-state index contributed by atoms with van der Waals surface area (Å²) in [6.07, 6.45) is -0.639. The Hall–Kier alpha value is -4.40. The van der Waals surface area contributed by atoms with Crippen molar-refractivity contribution in [3.63, 3.8) is 0 Å². The van der Waals surface area contributed by atoms with Crippen molar-refractivity contribution in [2.45, 2.75) is 45.4 Å². The number of non-ortho nitro benzene ring substituents is 1. The van der Waals surface area contributed by atoms with Crippen LogP contribution in [-0.2, 0) is 22.6 Å². The number of esters is 1. The summed E-state index contributed by atoms with van der Waals surface area (Å²) in [5.41, 5.74) is 0.906. The van der Waals surface area contributed by atoms with Crippen LogP contribution in [0.4, 0.5) is 10.5 Å². The van der Waals surface area contributed by atoms with Crippen molar-refractivity contribution in [2.75, 3.05) is 0 Å². The van der Waals surface area contributed by atoms with Crippen molar-refractivity contribution < 1.29 is 28.7 Å². The lowest BCUT2D eigenvalue weighted by Gasteiger charge is -2.23. The normalized spacial score (nSPS) is 11.8. The van der Waals surface area contributed by atoms with E-state index in [1.165, 1.54) is 24.3 Å². The Morgan fingerprint density at radius 3 is 2.08 bits per heavy atom. The maximum absolute atomic E-state index is 12.9. The smallest absolute Gasteiger partial charge is 0.408 e. The van der Waals surface area contributed by atoms with Crippen molar-refractivity contribution in [3.8, 4) is 11.5 Å². The fourth-order valence-corrected chi connectivity index (χ4v) is 3.16. The lowest BCUT2D eigenvalue weighted by molar-refractivity contribution is -0.384. The molecule has 1 N–H and O–H groups in total. The molecule has 3 rings (SSSR count). The van der Waals surface area contributed by atoms with Gasteiger partial charge in [-0.25, -0.2) is 9.59 Å². The number of rotatable bonds is 9. The molecule has 0 unspecified atom stereocenters. The van der Waals surface area contributed by atoms with Gasteiger partial charge in [0.2, 0.25) is 0 Å². The lowest BCUT2D eigenvalue weighted by atomic mass is 10.1. The molecule has 188 valence electrons. The predicted molar refractivity (Wildman–Crippen MR) is 133 cm³/mol. The van der Waals surface area contributed by atoms with Gasteiger partial charge in [-0.3, -0.25) is 10.1 Å². The molecule has 36 heavy (non-hydrogen) atoms. The molecular weight excluding hydrogens is 464 g/mol. The molecule has 0 aliphatic heterocycles. The summed E-state index contributed by atoms with van der Waals surface area (Å²) >= 11 is 0. The maximum Gasteiger partial charge on any atom is 0.408 e. The molecule has 0 saturated carbocycles. The van der Waals surface area contributed by atoms with Gasteiger partial charge >= 0.3 is 12.1 Å². The van der Waals surface area contributed by atoms with E-state index in [1.54, 1.807) is 45.0 Å². The van der Waals surface area contributed by atoms with Crippen LogP contribution < -0.4 is 14.8 Å². The number of benzene rings is 3. The first-order valence-electron chi connectivity index (χ1n) is 11.3. The standard InChI is InChI=1S/C27H28N2O7/c1-27(2,3)36-26(31)28-24(25(30)35-23-15-11-21(12-16-23)29(32)33)17-19-9-13-22(14-10-19)34-18-20-7-5-4-6-8-20/h4-16,24H,17-18H2,1-3H3,(H,28,31)/t24-/m1/s1. The van der Waals surface area contributed by atoms with Crippen LogP contribution in [0.1, 0.15) is 31.9 Å². The summed E-state index contributed by atoms with van der Waals surface area (Å²) < 4.78 is 16.5. The Balaban J connectivity index is 1.68. The minimum absolute atomic E-state index is 0.117. The molecule has 0 aliphatic carbocycles. The molecule has 1 amide bonds. The van der Waals surface area contributed by atoms with Crippen LogP contribution in [0.5, 0.6) is 11.5 Å². The van der Waals surface area contributed by atoms with Gasteiger partial charge in [-0.05, 0) is 56.2 Å². The number of ether oxygens (including phenoxy) is 3. The molecule has 0 aliphatic rings. The van der Waals surface area contributed by atoms with Crippen LogP contribution in [0.2, 0.25) is 0 Å². The van der Waals surface area contributed by atoms with Gasteiger partial charge in [0.15, 0.2) is 0 Å². The number of nitrogens with zero attached hydrogens (tertiary/aromatic N) is 1. The fraction of sp³-hybridized carbons (Fsp3) is 0.259. The molecule has 0 saturated heterocycles. The predicted octanol–water partition coefficient (Wildman–Crippen LogP) is 5.22. The maximum atomic E-state index is 12.9. The van der Waals surface area contributed by atoms with Crippen molar-refractivity contribution in [2.24, 2.45) is 0 Å². The summed E-state index contributed by atoms with van der Waals surface area (Å²) in [4.78, 5) is 35.6. The van der Waals surface area contributed by atoms with E-state index in [0.29, 0.717) is 12.4 Å². The Bertz CT molecular complexity index is 1170. The minimum atomic E-state index is -1.06. The van der Waals surface area contributed by atoms with E-state index in [4.69, 9.17) is 14.2 Å². The van der Waals surface area contributed by atoms with Crippen LogP contribution in [0.3, 0.4) is 0 Å². The molecule has 0 aromatic heterocycles. The van der Waals surface area contributed by atoms with Crippen molar-refractivity contribution in [3.05, 3.63) is 100 Å². The van der Waals surface area contributed by atoms with Gasteiger partial charge in [0.05, 0.1) is 4.92 Å². The van der Waals surface area contributed by atoms with E-state index in [0.717, 1.165) is 11.1 Å². The zero-order valence-electron chi connectivity index (χ0n) is 20.3. The SMILES string of the molecule is CC(C)(C)OC(=O)N[C@H](Cc1ccc(OCc2ccccc2)cc1)C(=O)Oc1ccc([N+](=O)[O-])cc1. The minimum Gasteiger partial charge on any atom is -0.489 e. The Labute approximate surface area is 209 Å². The van der Waals surface area contributed by atoms with E-state index in [2.05, 4.69) is 5.32 Å². The monoisotopic (exact) mass is 492 g/mol. The number of carbonyl (C=O) groups excluding carboxylic acids is 2. The molecule has 9 nitrogen and oxygen atoms in total. The molecule has 1 atom stereocenters. The number of carbonyl (C=O) groups is 2. The molecule has 0 spiro atoms. The highest BCUT2D eigenvalue weighted by Gasteiger charge is 2.26. The molecule has 3 aromatic rings. The number of hydrogen-bond donors (Lipinski definition) is 1. The Morgan fingerprint density at radius 2 is 1.50 bits per heavy atom. The molecule has 0 heterocycles. The highest BCUT2D eigenvalue weighted by molar-refractivity contribution is 5.83. The number of alkyl carbamates (subject to hydrolysis) is 1. The van der Waals surface area contributed by atoms with Crippen LogP contribution in [-0.4, -0.2) is 28.6 Å². The van der Waals surface area contributed by atoms with Gasteiger partial charge in [0.25, 0.3) is 5.69 Å². The molecule has 0 radical (unpaired) electrons. The van der Waals surface area contributed by atoms with Crippen LogP contribution >= 0.6 is 0 Å². The summed E-state index contributed by atoms with van der Waals surface area (Å²) in [5, 5.41) is 13.4. The molecule has 3 aromatic carbocycles. The number of nitrogens with one attached hydrogen (secondary N) is 1. The van der Waals surface area contributed by atoms with Crippen molar-refractivity contribution in [1.82, 2.24) is 5.32 Å². The number of hydrogen-bond acceptors (Lipinski definition) is 7. The third-order valence-corrected chi connectivity index (χ3v) is 4.85. The quantitative estimate of drug-likeness (QED) is 0.188. The highest BCUT2D eigenvalue weighted by Crippen LogP contribution is 2.20. The van der Waals surface area contributed by atoms with Gasteiger partial charge in [-0.1, -0.05) is 42.5 Å². The first-order valence-corrected chi connectivity index (χ1v) is 11.3. The second-order valence-electron chi connectivity index (χ2n) is 8.99. The molecule has 0 fully saturated rings.